The fourth-order valence-electron chi connectivity index (χ4n) is 5.37. The van der Waals surface area contributed by atoms with E-state index in [0.29, 0.717) is 0 Å². The Labute approximate surface area is 267 Å². The molecule has 6 heteroatoms. The maximum atomic E-state index is 13.7. The van der Waals surface area contributed by atoms with Crippen molar-refractivity contribution < 1.29 is 8.42 Å². The first-order valence-corrected chi connectivity index (χ1v) is 17.6. The normalized spacial score (nSPS) is 13.1. The largest absolute Gasteiger partial charge is 0.282 e. The molecule has 6 rings (SSSR count). The minimum absolute atomic E-state index is 0.212. The molecule has 0 spiro atoms. The summed E-state index contributed by atoms with van der Waals surface area (Å²) in [7, 11) is -4.72. The van der Waals surface area contributed by atoms with Gasteiger partial charge >= 0.3 is 0 Å². The van der Waals surface area contributed by atoms with E-state index in [1.165, 1.54) is 15.9 Å². The summed E-state index contributed by atoms with van der Waals surface area (Å²) in [5, 5.41) is 3.68. The second-order valence-electron chi connectivity index (χ2n) is 10.5. The van der Waals surface area contributed by atoms with Crippen molar-refractivity contribution in [2.75, 3.05) is 0 Å². The van der Waals surface area contributed by atoms with E-state index >= 15 is 0 Å². The molecule has 45 heavy (non-hydrogen) atoms. The van der Waals surface area contributed by atoms with E-state index in [0.717, 1.165) is 16.7 Å². The molecule has 222 valence electrons. The van der Waals surface area contributed by atoms with Gasteiger partial charge < -0.3 is 0 Å². The minimum atomic E-state index is -3.86. The summed E-state index contributed by atoms with van der Waals surface area (Å²) in [4.78, 5) is 5.42. The monoisotopic (exact) mass is 624 g/mol. The van der Waals surface area contributed by atoms with Gasteiger partial charge in [-0.15, -0.1) is 0 Å². The number of hydrogen-bond donors (Lipinski definition) is 1. The summed E-state index contributed by atoms with van der Waals surface area (Å²) in [6.45, 7) is 0. The molecule has 6 aromatic rings. The van der Waals surface area contributed by atoms with Crippen molar-refractivity contribution in [3.8, 4) is 0 Å². The van der Waals surface area contributed by atoms with E-state index < -0.39 is 30.0 Å². The molecule has 0 aliphatic rings. The first-order valence-electron chi connectivity index (χ1n) is 14.8. The number of benzene rings is 6. The Hall–Kier alpha value is -4.67. The number of aliphatic imine (C=N–C) groups is 1. The topological polar surface area (TPSA) is 58.5 Å². The molecule has 0 saturated heterocycles. The third-order valence-electron chi connectivity index (χ3n) is 7.53. The van der Waals surface area contributed by atoms with Crippen LogP contribution in [0.1, 0.15) is 28.8 Å². The molecular weight excluding hydrogens is 591 g/mol. The van der Waals surface area contributed by atoms with Crippen LogP contribution in [0.3, 0.4) is 0 Å². The highest BCUT2D eigenvalue weighted by molar-refractivity contribution is 7.89. The number of rotatable bonds is 11. The second kappa shape index (κ2) is 14.4. The van der Waals surface area contributed by atoms with E-state index in [4.69, 9.17) is 4.99 Å². The number of nitrogens with zero attached hydrogens (tertiary/aromatic N) is 1. The van der Waals surface area contributed by atoms with Crippen LogP contribution in [-0.2, 0) is 10.0 Å². The molecule has 2 atom stereocenters. The Morgan fingerprint density at radius 3 is 1.53 bits per heavy atom. The molecule has 0 fully saturated rings. The van der Waals surface area contributed by atoms with Crippen LogP contribution in [0.4, 0.5) is 0 Å². The van der Waals surface area contributed by atoms with Crippen molar-refractivity contribution >= 4 is 40.1 Å². The van der Waals surface area contributed by atoms with Crippen LogP contribution in [0, 0.1) is 0 Å². The zero-order chi connectivity index (χ0) is 30.9. The zero-order valence-corrected chi connectivity index (χ0v) is 26.3. The summed E-state index contributed by atoms with van der Waals surface area (Å²) >= 11 is 0. The van der Waals surface area contributed by atoms with Crippen LogP contribution in [0.15, 0.2) is 186 Å². The fourth-order valence-corrected chi connectivity index (χ4v) is 9.04. The van der Waals surface area contributed by atoms with Crippen molar-refractivity contribution in [2.24, 2.45) is 4.99 Å². The predicted molar refractivity (Wildman–Crippen MR) is 188 cm³/mol. The van der Waals surface area contributed by atoms with Gasteiger partial charge in [0.2, 0.25) is 10.0 Å². The van der Waals surface area contributed by atoms with E-state index in [-0.39, 0.29) is 4.90 Å². The minimum Gasteiger partial charge on any atom is -0.282 e. The van der Waals surface area contributed by atoms with Crippen LogP contribution >= 0.6 is 7.92 Å². The molecule has 1 N–H and O–H groups in total. The van der Waals surface area contributed by atoms with Crippen molar-refractivity contribution in [2.45, 2.75) is 17.0 Å². The maximum Gasteiger partial charge on any atom is 0.241 e. The number of nitrogens with one attached hydrogen (secondary N) is 1. The van der Waals surface area contributed by atoms with Gasteiger partial charge in [-0.2, -0.15) is 0 Å². The lowest BCUT2D eigenvalue weighted by atomic mass is 9.94. The van der Waals surface area contributed by atoms with Gasteiger partial charge in [-0.05, 0) is 47.1 Å². The average molecular weight is 625 g/mol. The summed E-state index contributed by atoms with van der Waals surface area (Å²) < 4.78 is 30.5. The van der Waals surface area contributed by atoms with Crippen LogP contribution in [-0.4, -0.2) is 14.6 Å². The van der Waals surface area contributed by atoms with Gasteiger partial charge in [0.05, 0.1) is 17.0 Å². The standard InChI is InChI=1S/C39H33N2O2PS/c42-45(43,36-27-14-5-15-28-36)41-39(32-20-8-2-9-21-32)38(31-18-6-1-7-19-31)40-30-33-22-16-17-29-37(33)44(34-23-10-3-11-24-34)35-25-12-4-13-26-35/h1-30,38-39,41H/t38-,39-/m1/s1. The Morgan fingerprint density at radius 1 is 0.533 bits per heavy atom. The second-order valence-corrected chi connectivity index (χ2v) is 14.4. The summed E-state index contributed by atoms with van der Waals surface area (Å²) in [6.07, 6.45) is 1.92. The highest BCUT2D eigenvalue weighted by Gasteiger charge is 2.29. The van der Waals surface area contributed by atoms with E-state index in [1.807, 2.05) is 91.1 Å². The Kier molecular flexibility index (Phi) is 9.72. The van der Waals surface area contributed by atoms with E-state index in [2.05, 4.69) is 71.5 Å². The van der Waals surface area contributed by atoms with Gasteiger partial charge in [0, 0.05) is 11.8 Å². The first-order chi connectivity index (χ1) is 22.1. The first kappa shape index (κ1) is 30.4. The van der Waals surface area contributed by atoms with Crippen molar-refractivity contribution in [3.05, 3.63) is 193 Å². The fraction of sp³-hybridized carbons (Fsp3) is 0.0513. The molecule has 4 nitrogen and oxygen atoms in total. The molecular formula is C39H33N2O2PS. The molecule has 0 heterocycles. The van der Waals surface area contributed by atoms with Gasteiger partial charge in [0.1, 0.15) is 0 Å². The molecule has 0 radical (unpaired) electrons. The smallest absolute Gasteiger partial charge is 0.241 e. The molecule has 6 aromatic carbocycles. The highest BCUT2D eigenvalue weighted by Crippen LogP contribution is 2.36. The van der Waals surface area contributed by atoms with Gasteiger partial charge in [0.25, 0.3) is 0 Å². The van der Waals surface area contributed by atoms with Gasteiger partial charge in [-0.1, -0.05) is 164 Å². The quantitative estimate of drug-likeness (QED) is 0.121. The average Bonchev–Trinajstić information content (AvgIpc) is 3.11. The lowest BCUT2D eigenvalue weighted by Gasteiger charge is -2.26. The number of sulfonamides is 1. The molecule has 0 unspecified atom stereocenters. The van der Waals surface area contributed by atoms with Crippen LogP contribution < -0.4 is 20.6 Å². The zero-order valence-electron chi connectivity index (χ0n) is 24.6. The predicted octanol–water partition coefficient (Wildman–Crippen LogP) is 7.32. The van der Waals surface area contributed by atoms with Crippen molar-refractivity contribution in [1.82, 2.24) is 4.72 Å². The van der Waals surface area contributed by atoms with Crippen molar-refractivity contribution in [1.29, 1.82) is 0 Å². The Balaban J connectivity index is 1.46. The van der Waals surface area contributed by atoms with Crippen LogP contribution in [0.25, 0.3) is 0 Å². The molecule has 0 bridgehead atoms. The lowest BCUT2D eigenvalue weighted by Crippen LogP contribution is -2.32. The van der Waals surface area contributed by atoms with Crippen LogP contribution in [0.5, 0.6) is 0 Å². The van der Waals surface area contributed by atoms with Crippen molar-refractivity contribution in [3.63, 3.8) is 0 Å². The molecule has 0 amide bonds. The summed E-state index contributed by atoms with van der Waals surface area (Å²) in [5.41, 5.74) is 2.73. The SMILES string of the molecule is O=S(=O)(N[C@H](c1ccccc1)[C@H](N=Cc1ccccc1P(c1ccccc1)c1ccccc1)c1ccccc1)c1ccccc1. The molecule has 0 saturated carbocycles. The van der Waals surface area contributed by atoms with E-state index in [9.17, 15) is 8.42 Å². The third-order valence-corrected chi connectivity index (χ3v) is 11.5. The van der Waals surface area contributed by atoms with E-state index in [1.54, 1.807) is 24.3 Å². The van der Waals surface area contributed by atoms with Crippen LogP contribution in [0.2, 0.25) is 0 Å². The molecule has 0 aromatic heterocycles. The van der Waals surface area contributed by atoms with Gasteiger partial charge in [0.15, 0.2) is 0 Å². The Morgan fingerprint density at radius 2 is 0.978 bits per heavy atom. The molecule has 0 aliphatic carbocycles. The number of hydrogen-bond acceptors (Lipinski definition) is 3. The van der Waals surface area contributed by atoms with Gasteiger partial charge in [-0.25, -0.2) is 13.1 Å². The summed E-state index contributed by atoms with van der Waals surface area (Å²) in [5.74, 6) is 0. The lowest BCUT2D eigenvalue weighted by molar-refractivity contribution is 0.506. The van der Waals surface area contributed by atoms with Gasteiger partial charge in [-0.3, -0.25) is 4.99 Å². The summed E-state index contributed by atoms with van der Waals surface area (Å²) in [6, 6.07) is 56.3. The highest BCUT2D eigenvalue weighted by atomic mass is 32.2. The third kappa shape index (κ3) is 7.35. The Bertz CT molecular complexity index is 1900. The maximum absolute atomic E-state index is 13.7. The molecule has 0 aliphatic heterocycles.